The summed E-state index contributed by atoms with van der Waals surface area (Å²) < 4.78 is 0. The van der Waals surface area contributed by atoms with Crippen LogP contribution >= 0.6 is 0 Å². The Hall–Kier alpha value is -2.29. The Kier molecular flexibility index (Phi) is 4.77. The number of allylic oxidation sites excluding steroid dienone is 4. The molecule has 0 aliphatic carbocycles. The largest absolute Gasteiger partial charge is 0.214 e. The van der Waals surface area contributed by atoms with Crippen LogP contribution < -0.4 is 0 Å². The number of hydrogen-bond donors (Lipinski definition) is 0. The lowest BCUT2D eigenvalue weighted by atomic mass is 10.2. The minimum atomic E-state index is 0.723. The first-order chi connectivity index (χ1) is 9.70. The number of aryl methyl sites for hydroxylation is 1. The van der Waals surface area contributed by atoms with E-state index in [1.165, 1.54) is 0 Å². The monoisotopic (exact) mass is 265 g/mol. The van der Waals surface area contributed by atoms with Crippen molar-refractivity contribution in [2.24, 2.45) is 0 Å². The quantitative estimate of drug-likeness (QED) is 0.777. The molecular weight excluding hydrogens is 246 g/mol. The Morgan fingerprint density at radius 1 is 1.10 bits per heavy atom. The molecule has 0 saturated carbocycles. The molecule has 1 aromatic heterocycles. The highest BCUT2D eigenvalue weighted by atomic mass is 15.0. The van der Waals surface area contributed by atoms with Crippen molar-refractivity contribution >= 4 is 5.57 Å². The van der Waals surface area contributed by atoms with Crippen LogP contribution in [0.1, 0.15) is 31.9 Å². The second kappa shape index (κ2) is 6.75. The van der Waals surface area contributed by atoms with E-state index in [1.54, 1.807) is 0 Å². The molecule has 102 valence electrons. The number of nitrogens with zero attached hydrogens (tertiary/aromatic N) is 3. The lowest BCUT2D eigenvalue weighted by molar-refractivity contribution is 0.959. The Labute approximate surface area is 120 Å². The third kappa shape index (κ3) is 3.60. The van der Waals surface area contributed by atoms with Gasteiger partial charge in [0.2, 0.25) is 0 Å². The zero-order valence-corrected chi connectivity index (χ0v) is 12.2. The zero-order chi connectivity index (χ0) is 14.4. The zero-order valence-electron chi connectivity index (χ0n) is 12.2. The number of benzene rings is 1. The third-order valence-corrected chi connectivity index (χ3v) is 2.85. The van der Waals surface area contributed by atoms with Gasteiger partial charge < -0.3 is 0 Å². The fourth-order valence-corrected chi connectivity index (χ4v) is 1.80. The van der Waals surface area contributed by atoms with E-state index in [0.29, 0.717) is 0 Å². The molecule has 0 N–H and O–H groups in total. The van der Waals surface area contributed by atoms with Crippen LogP contribution in [0.3, 0.4) is 0 Å². The molecule has 0 fully saturated rings. The average molecular weight is 265 g/mol. The summed E-state index contributed by atoms with van der Waals surface area (Å²) in [4.78, 5) is 13.4. The molecule has 0 unspecified atom stereocenters. The molecule has 0 atom stereocenters. The van der Waals surface area contributed by atoms with E-state index >= 15 is 0 Å². The van der Waals surface area contributed by atoms with Gasteiger partial charge in [0.25, 0.3) is 0 Å². The van der Waals surface area contributed by atoms with Gasteiger partial charge in [0.15, 0.2) is 11.6 Å². The van der Waals surface area contributed by atoms with Gasteiger partial charge in [0.1, 0.15) is 5.82 Å². The maximum atomic E-state index is 4.56. The highest BCUT2D eigenvalue weighted by molar-refractivity contribution is 5.62. The molecule has 0 bridgehead atoms. The summed E-state index contributed by atoms with van der Waals surface area (Å²) >= 11 is 0. The lowest BCUT2D eigenvalue weighted by Gasteiger charge is -2.05. The summed E-state index contributed by atoms with van der Waals surface area (Å²) in [6, 6.07) is 9.98. The van der Waals surface area contributed by atoms with Gasteiger partial charge in [-0.3, -0.25) is 0 Å². The third-order valence-electron chi connectivity index (χ3n) is 2.85. The van der Waals surface area contributed by atoms with Crippen LogP contribution in [0, 0.1) is 6.92 Å². The van der Waals surface area contributed by atoms with E-state index in [0.717, 1.165) is 35.0 Å². The molecule has 0 aliphatic rings. The second-order valence-electron chi connectivity index (χ2n) is 4.58. The van der Waals surface area contributed by atoms with E-state index in [1.807, 2.05) is 56.3 Å². The van der Waals surface area contributed by atoms with Crippen LogP contribution in [0.4, 0.5) is 0 Å². The summed E-state index contributed by atoms with van der Waals surface area (Å²) in [6.45, 7) is 6.02. The van der Waals surface area contributed by atoms with Crippen molar-refractivity contribution in [3.05, 3.63) is 60.2 Å². The predicted octanol–water partition coefficient (Wildman–Crippen LogP) is 4.22. The van der Waals surface area contributed by atoms with Crippen molar-refractivity contribution in [2.45, 2.75) is 27.2 Å². The summed E-state index contributed by atoms with van der Waals surface area (Å²) in [5, 5.41) is 0. The highest BCUT2D eigenvalue weighted by Gasteiger charge is 2.06. The summed E-state index contributed by atoms with van der Waals surface area (Å²) in [7, 11) is 0. The van der Waals surface area contributed by atoms with Gasteiger partial charge in [-0.15, -0.1) is 0 Å². The van der Waals surface area contributed by atoms with Crippen LogP contribution in [0.2, 0.25) is 0 Å². The Morgan fingerprint density at radius 3 is 2.55 bits per heavy atom. The molecule has 0 spiro atoms. The molecule has 20 heavy (non-hydrogen) atoms. The van der Waals surface area contributed by atoms with E-state index in [-0.39, 0.29) is 0 Å². The minimum absolute atomic E-state index is 0.723. The molecule has 0 saturated heterocycles. The number of rotatable bonds is 4. The van der Waals surface area contributed by atoms with Gasteiger partial charge in [-0.05, 0) is 25.8 Å². The normalized spacial score (nSPS) is 12.1. The van der Waals surface area contributed by atoms with Gasteiger partial charge in [-0.2, -0.15) is 0 Å². The van der Waals surface area contributed by atoms with Gasteiger partial charge in [-0.1, -0.05) is 55.5 Å². The highest BCUT2D eigenvalue weighted by Crippen LogP contribution is 2.17. The van der Waals surface area contributed by atoms with Crippen molar-refractivity contribution in [1.82, 2.24) is 15.0 Å². The Bertz CT molecular complexity index is 628. The Morgan fingerprint density at radius 2 is 1.85 bits per heavy atom. The molecule has 0 aliphatic heterocycles. The van der Waals surface area contributed by atoms with Crippen molar-refractivity contribution in [3.8, 4) is 11.4 Å². The molecule has 3 nitrogen and oxygen atoms in total. The molecule has 2 aromatic rings. The van der Waals surface area contributed by atoms with Gasteiger partial charge in [0, 0.05) is 5.56 Å². The second-order valence-corrected chi connectivity index (χ2v) is 4.58. The molecule has 2 rings (SSSR count). The smallest absolute Gasteiger partial charge is 0.163 e. The molecule has 0 amide bonds. The first-order valence-electron chi connectivity index (χ1n) is 6.82. The van der Waals surface area contributed by atoms with Crippen LogP contribution in [0.5, 0.6) is 0 Å². The Balaban J connectivity index is 2.39. The van der Waals surface area contributed by atoms with E-state index in [9.17, 15) is 0 Å². The first kappa shape index (κ1) is 14.1. The van der Waals surface area contributed by atoms with Crippen LogP contribution in [0.25, 0.3) is 17.0 Å². The topological polar surface area (TPSA) is 38.7 Å². The molecule has 1 aromatic carbocycles. The SMILES string of the molecule is CC/C=C\C=C(/C)c1nc(C)nc(-c2ccccc2)n1. The molecular formula is C17H19N3. The number of hydrogen-bond acceptors (Lipinski definition) is 3. The lowest BCUT2D eigenvalue weighted by Crippen LogP contribution is -2.01. The van der Waals surface area contributed by atoms with Crippen molar-refractivity contribution in [3.63, 3.8) is 0 Å². The first-order valence-corrected chi connectivity index (χ1v) is 6.82. The van der Waals surface area contributed by atoms with Crippen LogP contribution in [-0.2, 0) is 0 Å². The van der Waals surface area contributed by atoms with E-state index in [2.05, 4.69) is 28.0 Å². The minimum Gasteiger partial charge on any atom is -0.214 e. The summed E-state index contributed by atoms with van der Waals surface area (Å²) in [6.07, 6.45) is 7.20. The van der Waals surface area contributed by atoms with Crippen molar-refractivity contribution < 1.29 is 0 Å². The van der Waals surface area contributed by atoms with E-state index < -0.39 is 0 Å². The van der Waals surface area contributed by atoms with Gasteiger partial charge in [-0.25, -0.2) is 15.0 Å². The molecule has 1 heterocycles. The summed E-state index contributed by atoms with van der Waals surface area (Å²) in [5.41, 5.74) is 2.05. The number of aromatic nitrogens is 3. The van der Waals surface area contributed by atoms with Crippen LogP contribution in [0.15, 0.2) is 48.6 Å². The fraction of sp³-hybridized carbons (Fsp3) is 0.235. The fourth-order valence-electron chi connectivity index (χ4n) is 1.80. The predicted molar refractivity (Wildman–Crippen MR) is 83.1 cm³/mol. The molecule has 3 heteroatoms. The van der Waals surface area contributed by atoms with Crippen LogP contribution in [-0.4, -0.2) is 15.0 Å². The van der Waals surface area contributed by atoms with Crippen molar-refractivity contribution in [1.29, 1.82) is 0 Å². The van der Waals surface area contributed by atoms with Gasteiger partial charge >= 0.3 is 0 Å². The van der Waals surface area contributed by atoms with Crippen molar-refractivity contribution in [2.75, 3.05) is 0 Å². The maximum absolute atomic E-state index is 4.56. The maximum Gasteiger partial charge on any atom is 0.163 e. The average Bonchev–Trinajstić information content (AvgIpc) is 2.47. The molecule has 0 radical (unpaired) electrons. The standard InChI is InChI=1S/C17H19N3/c1-4-5-7-10-13(2)16-18-14(3)19-17(20-16)15-11-8-6-9-12-15/h5-12H,4H2,1-3H3/b7-5-,13-10+. The summed E-state index contributed by atoms with van der Waals surface area (Å²) in [5.74, 6) is 2.19. The van der Waals surface area contributed by atoms with E-state index in [4.69, 9.17) is 0 Å². The van der Waals surface area contributed by atoms with Gasteiger partial charge in [0.05, 0.1) is 0 Å².